The Bertz CT molecular complexity index is 591. The molecule has 2 aromatic carbocycles. The van der Waals surface area contributed by atoms with Gasteiger partial charge in [-0.1, -0.05) is 17.7 Å². The van der Waals surface area contributed by atoms with Gasteiger partial charge in [-0.25, -0.2) is 13.2 Å². The van der Waals surface area contributed by atoms with Gasteiger partial charge in [-0.15, -0.1) is 0 Å². The number of benzene rings is 2. The molecule has 1 N–H and O–H groups in total. The van der Waals surface area contributed by atoms with Gasteiger partial charge >= 0.3 is 0 Å². The van der Waals surface area contributed by atoms with Crippen molar-refractivity contribution in [1.82, 2.24) is 5.32 Å². The van der Waals surface area contributed by atoms with Crippen molar-refractivity contribution in [2.24, 2.45) is 0 Å². The zero-order chi connectivity index (χ0) is 14.0. The van der Waals surface area contributed by atoms with Gasteiger partial charge in [0.05, 0.1) is 5.56 Å². The summed E-state index contributed by atoms with van der Waals surface area (Å²) in [5.41, 5.74) is 0.724. The molecular weight excluding hydrogens is 275 g/mol. The third-order valence-electron chi connectivity index (χ3n) is 2.72. The maximum absolute atomic E-state index is 13.8. The second kappa shape index (κ2) is 5.63. The Balaban J connectivity index is 2.67. The van der Waals surface area contributed by atoms with Gasteiger partial charge in [0.25, 0.3) is 0 Å². The van der Waals surface area contributed by atoms with Crippen molar-refractivity contribution in [3.8, 4) is 11.1 Å². The Morgan fingerprint density at radius 2 is 1.68 bits per heavy atom. The predicted molar refractivity (Wildman–Crippen MR) is 69.5 cm³/mol. The Labute approximate surface area is 114 Å². The molecule has 0 spiro atoms. The molecule has 0 unspecified atom stereocenters. The fraction of sp³-hybridized carbons (Fsp3) is 0.143. The molecule has 0 aliphatic heterocycles. The van der Waals surface area contributed by atoms with E-state index in [0.29, 0.717) is 34.8 Å². The van der Waals surface area contributed by atoms with Gasteiger partial charge < -0.3 is 5.32 Å². The lowest BCUT2D eigenvalue weighted by Gasteiger charge is -2.12. The van der Waals surface area contributed by atoms with Crippen LogP contribution in [0.1, 0.15) is 5.56 Å². The zero-order valence-corrected chi connectivity index (χ0v) is 10.9. The molecular formula is C14H11ClF3N. The van der Waals surface area contributed by atoms with Gasteiger partial charge in [0.15, 0.2) is 0 Å². The molecule has 0 aliphatic rings. The van der Waals surface area contributed by atoms with Crippen molar-refractivity contribution in [2.45, 2.75) is 6.54 Å². The molecule has 0 amide bonds. The van der Waals surface area contributed by atoms with Gasteiger partial charge in [0.1, 0.15) is 17.5 Å². The molecule has 0 aliphatic carbocycles. The van der Waals surface area contributed by atoms with Crippen molar-refractivity contribution in [3.05, 3.63) is 58.4 Å². The monoisotopic (exact) mass is 285 g/mol. The standard InChI is InChI=1S/C14H11ClF3N/c1-19-7-8-2-3-9(15)4-11(8)14-12(17)5-10(16)6-13(14)18/h2-6,19H,7H2,1H3. The smallest absolute Gasteiger partial charge is 0.136 e. The summed E-state index contributed by atoms with van der Waals surface area (Å²) in [7, 11) is 1.72. The minimum atomic E-state index is -0.948. The van der Waals surface area contributed by atoms with Crippen LogP contribution < -0.4 is 5.32 Å². The molecule has 0 heterocycles. The number of nitrogens with one attached hydrogen (secondary N) is 1. The summed E-state index contributed by atoms with van der Waals surface area (Å²) in [6.07, 6.45) is 0. The van der Waals surface area contributed by atoms with Gasteiger partial charge in [-0.3, -0.25) is 0 Å². The zero-order valence-electron chi connectivity index (χ0n) is 10.1. The topological polar surface area (TPSA) is 12.0 Å². The highest BCUT2D eigenvalue weighted by Crippen LogP contribution is 2.32. The van der Waals surface area contributed by atoms with Crippen LogP contribution in [0.4, 0.5) is 13.2 Å². The van der Waals surface area contributed by atoms with Crippen molar-refractivity contribution in [2.75, 3.05) is 7.05 Å². The van der Waals surface area contributed by atoms with Crippen molar-refractivity contribution >= 4 is 11.6 Å². The van der Waals surface area contributed by atoms with E-state index in [1.807, 2.05) is 0 Å². The molecule has 0 fully saturated rings. The predicted octanol–water partition coefficient (Wildman–Crippen LogP) is 4.14. The third kappa shape index (κ3) is 2.91. The minimum absolute atomic E-state index is 0.269. The van der Waals surface area contributed by atoms with E-state index in [2.05, 4.69) is 5.32 Å². The van der Waals surface area contributed by atoms with Crippen LogP contribution in [0.2, 0.25) is 5.02 Å². The normalized spacial score (nSPS) is 10.8. The van der Waals surface area contributed by atoms with Gasteiger partial charge in [0, 0.05) is 23.7 Å². The molecule has 0 aromatic heterocycles. The molecule has 0 radical (unpaired) electrons. The summed E-state index contributed by atoms with van der Waals surface area (Å²) in [6, 6.07) is 6.09. The van der Waals surface area contributed by atoms with E-state index in [4.69, 9.17) is 11.6 Å². The molecule has 0 atom stereocenters. The lowest BCUT2D eigenvalue weighted by Crippen LogP contribution is -2.07. The van der Waals surface area contributed by atoms with Crippen LogP contribution in [0.5, 0.6) is 0 Å². The highest BCUT2D eigenvalue weighted by molar-refractivity contribution is 6.30. The average molecular weight is 286 g/mol. The average Bonchev–Trinajstić information content (AvgIpc) is 2.31. The van der Waals surface area contributed by atoms with Gasteiger partial charge in [0.2, 0.25) is 0 Å². The first-order chi connectivity index (χ1) is 9.02. The molecule has 0 saturated carbocycles. The lowest BCUT2D eigenvalue weighted by molar-refractivity contribution is 0.547. The van der Waals surface area contributed by atoms with Gasteiger partial charge in [-0.2, -0.15) is 0 Å². The maximum Gasteiger partial charge on any atom is 0.136 e. The van der Waals surface area contributed by atoms with E-state index in [9.17, 15) is 13.2 Å². The van der Waals surface area contributed by atoms with E-state index in [1.54, 1.807) is 19.2 Å². The molecule has 2 rings (SSSR count). The molecule has 5 heteroatoms. The highest BCUT2D eigenvalue weighted by Gasteiger charge is 2.16. The van der Waals surface area contributed by atoms with E-state index < -0.39 is 17.5 Å². The van der Waals surface area contributed by atoms with Crippen LogP contribution >= 0.6 is 11.6 Å². The number of hydrogen-bond donors (Lipinski definition) is 1. The number of hydrogen-bond acceptors (Lipinski definition) is 1. The Hall–Kier alpha value is -1.52. The van der Waals surface area contributed by atoms with Crippen LogP contribution in [0.15, 0.2) is 30.3 Å². The molecule has 100 valence electrons. The highest BCUT2D eigenvalue weighted by atomic mass is 35.5. The van der Waals surface area contributed by atoms with Crippen LogP contribution in [0.25, 0.3) is 11.1 Å². The third-order valence-corrected chi connectivity index (χ3v) is 2.95. The molecule has 1 nitrogen and oxygen atoms in total. The first-order valence-corrected chi connectivity index (χ1v) is 5.98. The molecule has 19 heavy (non-hydrogen) atoms. The molecule has 0 saturated heterocycles. The lowest BCUT2D eigenvalue weighted by atomic mass is 9.98. The summed E-state index contributed by atoms with van der Waals surface area (Å²) < 4.78 is 40.5. The van der Waals surface area contributed by atoms with Crippen LogP contribution in [0, 0.1) is 17.5 Å². The summed E-state index contributed by atoms with van der Waals surface area (Å²) in [5.74, 6) is -2.84. The van der Waals surface area contributed by atoms with Gasteiger partial charge in [-0.05, 0) is 30.3 Å². The molecule has 2 aromatic rings. The number of rotatable bonds is 3. The van der Waals surface area contributed by atoms with E-state index in [0.717, 1.165) is 0 Å². The van der Waals surface area contributed by atoms with Crippen LogP contribution in [-0.4, -0.2) is 7.05 Å². The van der Waals surface area contributed by atoms with E-state index >= 15 is 0 Å². The summed E-state index contributed by atoms with van der Waals surface area (Å²) in [6.45, 7) is 0.419. The van der Waals surface area contributed by atoms with Crippen molar-refractivity contribution in [3.63, 3.8) is 0 Å². The summed E-state index contributed by atoms with van der Waals surface area (Å²) >= 11 is 5.86. The summed E-state index contributed by atoms with van der Waals surface area (Å²) in [5, 5.41) is 3.26. The summed E-state index contributed by atoms with van der Waals surface area (Å²) in [4.78, 5) is 0. The quantitative estimate of drug-likeness (QED) is 0.893. The van der Waals surface area contributed by atoms with E-state index in [1.165, 1.54) is 6.07 Å². The van der Waals surface area contributed by atoms with E-state index in [-0.39, 0.29) is 5.56 Å². The van der Waals surface area contributed by atoms with Crippen molar-refractivity contribution < 1.29 is 13.2 Å². The largest absolute Gasteiger partial charge is 0.316 e. The second-order valence-corrected chi connectivity index (χ2v) is 4.51. The van der Waals surface area contributed by atoms with Crippen molar-refractivity contribution in [1.29, 1.82) is 0 Å². The van der Waals surface area contributed by atoms with Crippen LogP contribution in [0.3, 0.4) is 0 Å². The first kappa shape index (κ1) is 13.9. The Morgan fingerprint density at radius 1 is 1.05 bits per heavy atom. The fourth-order valence-electron chi connectivity index (χ4n) is 1.93. The number of halogens is 4. The second-order valence-electron chi connectivity index (χ2n) is 4.08. The van der Waals surface area contributed by atoms with Crippen LogP contribution in [-0.2, 0) is 6.54 Å². The molecule has 0 bridgehead atoms. The SMILES string of the molecule is CNCc1ccc(Cl)cc1-c1c(F)cc(F)cc1F. The first-order valence-electron chi connectivity index (χ1n) is 5.61. The minimum Gasteiger partial charge on any atom is -0.316 e. The maximum atomic E-state index is 13.8. The Morgan fingerprint density at radius 3 is 2.26 bits per heavy atom. The fourth-order valence-corrected chi connectivity index (χ4v) is 2.10. The Kier molecular flexibility index (Phi) is 4.12.